The molecule has 1 aromatic heterocycles. The Labute approximate surface area is 105 Å². The highest BCUT2D eigenvalue weighted by molar-refractivity contribution is 5.93. The molecule has 2 aromatic rings. The number of benzene rings is 1. The molecule has 4 heteroatoms. The molecule has 0 bridgehead atoms. The fraction of sp³-hybridized carbons (Fsp3) is 0.357. The summed E-state index contributed by atoms with van der Waals surface area (Å²) in [4.78, 5) is 6.60. The van der Waals surface area contributed by atoms with E-state index in [0.717, 1.165) is 42.5 Å². The summed E-state index contributed by atoms with van der Waals surface area (Å²) in [5.74, 6) is 1.16. The molecule has 4 nitrogen and oxygen atoms in total. The molecule has 94 valence electrons. The molecular weight excluding hydrogens is 228 g/mol. The topological polar surface area (TPSA) is 56.6 Å². The van der Waals surface area contributed by atoms with Crippen LogP contribution in [-0.4, -0.2) is 34.4 Å². The van der Waals surface area contributed by atoms with Crippen LogP contribution in [0.1, 0.15) is 12.8 Å². The summed E-state index contributed by atoms with van der Waals surface area (Å²) in [6.45, 7) is 1.62. The van der Waals surface area contributed by atoms with Crippen molar-refractivity contribution in [3.63, 3.8) is 0 Å². The van der Waals surface area contributed by atoms with Gasteiger partial charge in [-0.3, -0.25) is 0 Å². The Hall–Kier alpha value is -1.81. The molecule has 0 spiro atoms. The summed E-state index contributed by atoms with van der Waals surface area (Å²) in [5.41, 5.74) is 0. The fourth-order valence-electron chi connectivity index (χ4n) is 2.47. The zero-order valence-corrected chi connectivity index (χ0v) is 10.1. The minimum Gasteiger partial charge on any atom is -0.508 e. The first-order chi connectivity index (χ1) is 8.74. The number of fused-ring (bicyclic) bond motifs is 1. The third-order valence-electron chi connectivity index (χ3n) is 3.49. The summed E-state index contributed by atoms with van der Waals surface area (Å²) in [7, 11) is 0. The second-order valence-electron chi connectivity index (χ2n) is 4.76. The van der Waals surface area contributed by atoms with Gasteiger partial charge in [0.2, 0.25) is 0 Å². The number of hydrogen-bond donors (Lipinski definition) is 2. The zero-order chi connectivity index (χ0) is 12.5. The Morgan fingerprint density at radius 3 is 2.72 bits per heavy atom. The van der Waals surface area contributed by atoms with Crippen molar-refractivity contribution in [2.45, 2.75) is 18.9 Å². The third-order valence-corrected chi connectivity index (χ3v) is 3.49. The third kappa shape index (κ3) is 1.99. The molecular formula is C14H16N2O2. The van der Waals surface area contributed by atoms with Crippen LogP contribution in [0.3, 0.4) is 0 Å². The molecule has 1 saturated heterocycles. The molecule has 0 atom stereocenters. The quantitative estimate of drug-likeness (QED) is 0.804. The van der Waals surface area contributed by atoms with Gasteiger partial charge < -0.3 is 15.1 Å². The van der Waals surface area contributed by atoms with Crippen LogP contribution in [-0.2, 0) is 0 Å². The highest BCUT2D eigenvalue weighted by Gasteiger charge is 2.19. The van der Waals surface area contributed by atoms with Gasteiger partial charge in [0.15, 0.2) is 0 Å². The maximum atomic E-state index is 9.61. The summed E-state index contributed by atoms with van der Waals surface area (Å²) in [5, 5.41) is 21.2. The standard InChI is InChI=1S/C14H16N2O2/c17-11-4-7-16(8-5-11)14-13-9-12(18)2-1-10(13)3-6-15-14/h1-3,6,9,11,17-18H,4-5,7-8H2. The Balaban J connectivity index is 2.03. The number of hydrogen-bond acceptors (Lipinski definition) is 4. The molecule has 0 saturated carbocycles. The maximum absolute atomic E-state index is 9.61. The van der Waals surface area contributed by atoms with Crippen LogP contribution in [0.25, 0.3) is 10.8 Å². The second kappa shape index (κ2) is 4.46. The molecule has 18 heavy (non-hydrogen) atoms. The summed E-state index contributed by atoms with van der Waals surface area (Å²) < 4.78 is 0. The smallest absolute Gasteiger partial charge is 0.136 e. The van der Waals surface area contributed by atoms with Crippen molar-refractivity contribution >= 4 is 16.6 Å². The predicted octanol–water partition coefficient (Wildman–Crippen LogP) is 1.90. The van der Waals surface area contributed by atoms with E-state index in [1.54, 1.807) is 18.3 Å². The number of rotatable bonds is 1. The first-order valence-corrected chi connectivity index (χ1v) is 6.25. The molecule has 1 aliphatic heterocycles. The minimum atomic E-state index is -0.190. The Morgan fingerprint density at radius 1 is 1.17 bits per heavy atom. The van der Waals surface area contributed by atoms with Gasteiger partial charge in [-0.15, -0.1) is 0 Å². The molecule has 0 radical (unpaired) electrons. The van der Waals surface area contributed by atoms with Crippen LogP contribution >= 0.6 is 0 Å². The van der Waals surface area contributed by atoms with E-state index in [4.69, 9.17) is 0 Å². The van der Waals surface area contributed by atoms with Crippen molar-refractivity contribution < 1.29 is 10.2 Å². The van der Waals surface area contributed by atoms with Crippen molar-refractivity contribution in [2.24, 2.45) is 0 Å². The zero-order valence-electron chi connectivity index (χ0n) is 10.1. The first-order valence-electron chi connectivity index (χ1n) is 6.25. The van der Waals surface area contributed by atoms with Gasteiger partial charge in [-0.1, -0.05) is 6.07 Å². The largest absolute Gasteiger partial charge is 0.508 e. The Bertz CT molecular complexity index is 563. The van der Waals surface area contributed by atoms with Gasteiger partial charge in [0.05, 0.1) is 6.10 Å². The number of aromatic nitrogens is 1. The van der Waals surface area contributed by atoms with Gasteiger partial charge in [0, 0.05) is 24.7 Å². The van der Waals surface area contributed by atoms with Crippen molar-refractivity contribution in [2.75, 3.05) is 18.0 Å². The first kappa shape index (κ1) is 11.3. The van der Waals surface area contributed by atoms with Crippen LogP contribution in [0.2, 0.25) is 0 Å². The monoisotopic (exact) mass is 244 g/mol. The lowest BCUT2D eigenvalue weighted by atomic mass is 10.1. The number of anilines is 1. The van der Waals surface area contributed by atoms with E-state index in [2.05, 4.69) is 9.88 Å². The van der Waals surface area contributed by atoms with Crippen molar-refractivity contribution in [1.29, 1.82) is 0 Å². The number of piperidine rings is 1. The van der Waals surface area contributed by atoms with Crippen molar-refractivity contribution in [3.05, 3.63) is 30.5 Å². The molecule has 0 unspecified atom stereocenters. The second-order valence-corrected chi connectivity index (χ2v) is 4.76. The van der Waals surface area contributed by atoms with Crippen LogP contribution in [0.5, 0.6) is 5.75 Å². The molecule has 1 fully saturated rings. The number of aliphatic hydroxyl groups is 1. The molecule has 2 N–H and O–H groups in total. The average molecular weight is 244 g/mol. The van der Waals surface area contributed by atoms with E-state index in [1.165, 1.54) is 0 Å². The number of phenolic OH excluding ortho intramolecular Hbond substituents is 1. The Kier molecular flexibility index (Phi) is 2.80. The van der Waals surface area contributed by atoms with E-state index in [-0.39, 0.29) is 11.9 Å². The van der Waals surface area contributed by atoms with Crippen LogP contribution in [0, 0.1) is 0 Å². The highest BCUT2D eigenvalue weighted by Crippen LogP contribution is 2.29. The van der Waals surface area contributed by atoms with Crippen LogP contribution < -0.4 is 4.90 Å². The lowest BCUT2D eigenvalue weighted by Gasteiger charge is -2.31. The molecule has 2 heterocycles. The van der Waals surface area contributed by atoms with Gasteiger partial charge in [0.1, 0.15) is 11.6 Å². The summed E-state index contributed by atoms with van der Waals surface area (Å²) >= 11 is 0. The molecule has 1 aromatic carbocycles. The van der Waals surface area contributed by atoms with Gasteiger partial charge >= 0.3 is 0 Å². The maximum Gasteiger partial charge on any atom is 0.136 e. The van der Waals surface area contributed by atoms with Gasteiger partial charge in [-0.2, -0.15) is 0 Å². The van der Waals surface area contributed by atoms with Crippen LogP contribution in [0.4, 0.5) is 5.82 Å². The predicted molar refractivity (Wildman–Crippen MR) is 70.9 cm³/mol. The van der Waals surface area contributed by atoms with E-state index in [0.29, 0.717) is 0 Å². The van der Waals surface area contributed by atoms with Crippen molar-refractivity contribution in [1.82, 2.24) is 4.98 Å². The number of aliphatic hydroxyl groups excluding tert-OH is 1. The Morgan fingerprint density at radius 2 is 1.94 bits per heavy atom. The molecule has 1 aliphatic rings. The average Bonchev–Trinajstić information content (AvgIpc) is 2.39. The van der Waals surface area contributed by atoms with Gasteiger partial charge in [0.25, 0.3) is 0 Å². The van der Waals surface area contributed by atoms with E-state index < -0.39 is 0 Å². The summed E-state index contributed by atoms with van der Waals surface area (Å²) in [6, 6.07) is 7.28. The SMILES string of the molecule is Oc1ccc2ccnc(N3CCC(O)CC3)c2c1. The van der Waals surface area contributed by atoms with Crippen LogP contribution in [0.15, 0.2) is 30.5 Å². The number of nitrogens with zero attached hydrogens (tertiary/aromatic N) is 2. The summed E-state index contributed by atoms with van der Waals surface area (Å²) in [6.07, 6.45) is 3.15. The van der Waals surface area contributed by atoms with Crippen molar-refractivity contribution in [3.8, 4) is 5.75 Å². The number of phenols is 1. The number of aromatic hydroxyl groups is 1. The number of pyridine rings is 1. The van der Waals surface area contributed by atoms with Gasteiger partial charge in [-0.25, -0.2) is 4.98 Å². The van der Waals surface area contributed by atoms with E-state index >= 15 is 0 Å². The van der Waals surface area contributed by atoms with E-state index in [1.807, 2.05) is 12.1 Å². The molecule has 0 aliphatic carbocycles. The molecule has 0 amide bonds. The minimum absolute atomic E-state index is 0.190. The van der Waals surface area contributed by atoms with Gasteiger partial charge in [-0.05, 0) is 36.4 Å². The fourth-order valence-corrected chi connectivity index (χ4v) is 2.47. The lowest BCUT2D eigenvalue weighted by molar-refractivity contribution is 0.145. The lowest BCUT2D eigenvalue weighted by Crippen LogP contribution is -2.36. The normalized spacial score (nSPS) is 17.3. The highest BCUT2D eigenvalue weighted by atomic mass is 16.3. The molecule has 3 rings (SSSR count). The van der Waals surface area contributed by atoms with E-state index in [9.17, 15) is 10.2 Å².